The maximum absolute atomic E-state index is 12.7. The van der Waals surface area contributed by atoms with Gasteiger partial charge in [-0.05, 0) is 62.3 Å². The molecule has 0 radical (unpaired) electrons. The number of benzene rings is 2. The fraction of sp³-hybridized carbons (Fsp3) is 0.280. The van der Waals surface area contributed by atoms with E-state index in [1.54, 1.807) is 18.0 Å². The van der Waals surface area contributed by atoms with Crippen LogP contribution in [-0.4, -0.2) is 36.3 Å². The molecular formula is C25H27N3O3S. The highest BCUT2D eigenvalue weighted by molar-refractivity contribution is 7.99. The first-order chi connectivity index (χ1) is 15.7. The number of nitrogens with zero attached hydrogens (tertiary/aromatic N) is 1. The molecule has 2 aromatic carbocycles. The van der Waals surface area contributed by atoms with Crippen molar-refractivity contribution in [1.29, 1.82) is 0 Å². The highest BCUT2D eigenvalue weighted by Crippen LogP contribution is 2.33. The summed E-state index contributed by atoms with van der Waals surface area (Å²) >= 11 is 1.63. The molecule has 3 aromatic rings. The summed E-state index contributed by atoms with van der Waals surface area (Å²) in [6, 6.07) is 21.6. The van der Waals surface area contributed by atoms with Crippen molar-refractivity contribution in [3.8, 4) is 0 Å². The SMILES string of the molecule is O=C(CN1CCC(C(=O)NCc2ccco2)CC1)Nc1ccccc1Sc1ccccc1. The zero-order chi connectivity index (χ0) is 22.2. The van der Waals surface area contributed by atoms with Gasteiger partial charge in [0.05, 0.1) is 25.0 Å². The molecule has 1 aliphatic rings. The number of furan rings is 1. The quantitative estimate of drug-likeness (QED) is 0.533. The second-order valence-corrected chi connectivity index (χ2v) is 8.92. The molecule has 166 valence electrons. The predicted molar refractivity (Wildman–Crippen MR) is 125 cm³/mol. The summed E-state index contributed by atoms with van der Waals surface area (Å²) in [5, 5.41) is 5.99. The van der Waals surface area contributed by atoms with Gasteiger partial charge < -0.3 is 15.1 Å². The maximum Gasteiger partial charge on any atom is 0.238 e. The van der Waals surface area contributed by atoms with Crippen molar-refractivity contribution in [1.82, 2.24) is 10.2 Å². The minimum Gasteiger partial charge on any atom is -0.467 e. The summed E-state index contributed by atoms with van der Waals surface area (Å²) < 4.78 is 5.25. The Labute approximate surface area is 192 Å². The van der Waals surface area contributed by atoms with Crippen LogP contribution in [-0.2, 0) is 16.1 Å². The molecule has 32 heavy (non-hydrogen) atoms. The molecule has 2 amide bonds. The van der Waals surface area contributed by atoms with Gasteiger partial charge in [-0.25, -0.2) is 0 Å². The van der Waals surface area contributed by atoms with Crippen LogP contribution in [0.15, 0.2) is 87.2 Å². The number of piperidine rings is 1. The molecule has 4 rings (SSSR count). The zero-order valence-electron chi connectivity index (χ0n) is 17.8. The van der Waals surface area contributed by atoms with Crippen molar-refractivity contribution >= 4 is 29.3 Å². The molecule has 0 aliphatic carbocycles. The Kier molecular flexibility index (Phi) is 7.64. The number of carbonyl (C=O) groups is 2. The molecule has 1 aliphatic heterocycles. The van der Waals surface area contributed by atoms with Crippen molar-refractivity contribution in [3.63, 3.8) is 0 Å². The van der Waals surface area contributed by atoms with E-state index in [9.17, 15) is 9.59 Å². The normalized spacial score (nSPS) is 14.8. The Hall–Kier alpha value is -3.03. The molecule has 0 atom stereocenters. The van der Waals surface area contributed by atoms with Crippen LogP contribution in [0.5, 0.6) is 0 Å². The smallest absolute Gasteiger partial charge is 0.238 e. The molecule has 0 bridgehead atoms. The summed E-state index contributed by atoms with van der Waals surface area (Å²) in [5.74, 6) is 0.745. The van der Waals surface area contributed by atoms with Crippen LogP contribution in [0.4, 0.5) is 5.69 Å². The van der Waals surface area contributed by atoms with E-state index >= 15 is 0 Å². The van der Waals surface area contributed by atoms with E-state index in [4.69, 9.17) is 4.42 Å². The number of anilines is 1. The largest absolute Gasteiger partial charge is 0.467 e. The summed E-state index contributed by atoms with van der Waals surface area (Å²) in [7, 11) is 0. The molecule has 0 saturated carbocycles. The van der Waals surface area contributed by atoms with E-state index in [0.717, 1.165) is 47.2 Å². The van der Waals surface area contributed by atoms with Gasteiger partial charge >= 0.3 is 0 Å². The minimum atomic E-state index is -0.0353. The molecule has 2 N–H and O–H groups in total. The molecule has 7 heteroatoms. The zero-order valence-corrected chi connectivity index (χ0v) is 18.6. The lowest BCUT2D eigenvalue weighted by molar-refractivity contribution is -0.126. The monoisotopic (exact) mass is 449 g/mol. The third-order valence-electron chi connectivity index (χ3n) is 5.47. The molecule has 6 nitrogen and oxygen atoms in total. The molecule has 1 aromatic heterocycles. The van der Waals surface area contributed by atoms with Crippen LogP contribution >= 0.6 is 11.8 Å². The lowest BCUT2D eigenvalue weighted by atomic mass is 9.96. The summed E-state index contributed by atoms with van der Waals surface area (Å²) in [6.45, 7) is 2.19. The second-order valence-electron chi connectivity index (χ2n) is 7.81. The summed E-state index contributed by atoms with van der Waals surface area (Å²) in [4.78, 5) is 29.3. The molecule has 2 heterocycles. The molecule has 0 unspecified atom stereocenters. The number of likely N-dealkylation sites (tertiary alicyclic amines) is 1. The topological polar surface area (TPSA) is 74.6 Å². The van der Waals surface area contributed by atoms with Crippen LogP contribution in [0.2, 0.25) is 0 Å². The average molecular weight is 450 g/mol. The van der Waals surface area contributed by atoms with E-state index in [2.05, 4.69) is 27.7 Å². The van der Waals surface area contributed by atoms with Gasteiger partial charge in [-0.2, -0.15) is 0 Å². The third-order valence-corrected chi connectivity index (χ3v) is 6.56. The van der Waals surface area contributed by atoms with E-state index in [-0.39, 0.29) is 17.7 Å². The van der Waals surface area contributed by atoms with Gasteiger partial charge in [-0.1, -0.05) is 42.1 Å². The Bertz CT molecular complexity index is 1020. The number of hydrogen-bond acceptors (Lipinski definition) is 5. The summed E-state index contributed by atoms with van der Waals surface area (Å²) in [5.41, 5.74) is 0.818. The first kappa shape index (κ1) is 22.2. The van der Waals surface area contributed by atoms with E-state index in [1.807, 2.05) is 54.6 Å². The van der Waals surface area contributed by atoms with Crippen molar-refractivity contribution < 1.29 is 14.0 Å². The molecule has 1 fully saturated rings. The van der Waals surface area contributed by atoms with Gasteiger partial charge in [-0.15, -0.1) is 0 Å². The van der Waals surface area contributed by atoms with Crippen LogP contribution in [0.1, 0.15) is 18.6 Å². The Morgan fingerprint density at radius 1 is 0.969 bits per heavy atom. The first-order valence-corrected chi connectivity index (χ1v) is 11.6. The van der Waals surface area contributed by atoms with Gasteiger partial charge in [0.2, 0.25) is 11.8 Å². The maximum atomic E-state index is 12.7. The van der Waals surface area contributed by atoms with E-state index < -0.39 is 0 Å². The Balaban J connectivity index is 1.24. The van der Waals surface area contributed by atoms with Crippen molar-refractivity contribution in [2.24, 2.45) is 5.92 Å². The van der Waals surface area contributed by atoms with Crippen LogP contribution in [0.25, 0.3) is 0 Å². The van der Waals surface area contributed by atoms with Gasteiger partial charge in [0.1, 0.15) is 5.76 Å². The number of carbonyl (C=O) groups excluding carboxylic acids is 2. The van der Waals surface area contributed by atoms with Gasteiger partial charge in [-0.3, -0.25) is 14.5 Å². The number of hydrogen-bond donors (Lipinski definition) is 2. The fourth-order valence-electron chi connectivity index (χ4n) is 3.75. The van der Waals surface area contributed by atoms with Crippen LogP contribution in [0, 0.1) is 5.92 Å². The van der Waals surface area contributed by atoms with Gasteiger partial charge in [0, 0.05) is 15.7 Å². The molecule has 1 saturated heterocycles. The number of rotatable bonds is 8. The van der Waals surface area contributed by atoms with E-state index in [0.29, 0.717) is 13.1 Å². The van der Waals surface area contributed by atoms with Crippen molar-refractivity contribution in [2.45, 2.75) is 29.2 Å². The second kappa shape index (κ2) is 11.0. The van der Waals surface area contributed by atoms with Crippen LogP contribution in [0.3, 0.4) is 0 Å². The lowest BCUT2D eigenvalue weighted by Gasteiger charge is -2.30. The van der Waals surface area contributed by atoms with Gasteiger partial charge in [0.15, 0.2) is 0 Å². The van der Waals surface area contributed by atoms with E-state index in [1.165, 1.54) is 0 Å². The highest BCUT2D eigenvalue weighted by atomic mass is 32.2. The predicted octanol–water partition coefficient (Wildman–Crippen LogP) is 4.40. The molecular weight excluding hydrogens is 422 g/mol. The average Bonchev–Trinajstić information content (AvgIpc) is 3.34. The van der Waals surface area contributed by atoms with Gasteiger partial charge in [0.25, 0.3) is 0 Å². The minimum absolute atomic E-state index is 0.0210. The fourth-order valence-corrected chi connectivity index (χ4v) is 4.68. The lowest BCUT2D eigenvalue weighted by Crippen LogP contribution is -2.43. The first-order valence-electron chi connectivity index (χ1n) is 10.8. The Morgan fingerprint density at radius 3 is 2.47 bits per heavy atom. The molecule has 0 spiro atoms. The van der Waals surface area contributed by atoms with Crippen molar-refractivity contribution in [2.75, 3.05) is 25.0 Å². The summed E-state index contributed by atoms with van der Waals surface area (Å²) in [6.07, 6.45) is 3.10. The number of nitrogens with one attached hydrogen (secondary N) is 2. The Morgan fingerprint density at radius 2 is 1.72 bits per heavy atom. The van der Waals surface area contributed by atoms with Crippen LogP contribution < -0.4 is 10.6 Å². The highest BCUT2D eigenvalue weighted by Gasteiger charge is 2.26. The third kappa shape index (κ3) is 6.24. The number of para-hydroxylation sites is 1. The number of amides is 2. The van der Waals surface area contributed by atoms with Crippen molar-refractivity contribution in [3.05, 3.63) is 78.8 Å². The standard InChI is InChI=1S/C25H27N3O3S/c29-24(27-22-10-4-5-11-23(22)32-21-8-2-1-3-9-21)18-28-14-12-19(13-15-28)25(30)26-17-20-7-6-16-31-20/h1-11,16,19H,12-15,17-18H2,(H,26,30)(H,27,29).